The maximum Gasteiger partial charge on any atom is 0.0622 e. The molecule has 1 fully saturated rings. The third kappa shape index (κ3) is 5.37. The van der Waals surface area contributed by atoms with Crippen LogP contribution in [0.2, 0.25) is 0 Å². The molecule has 1 rings (SSSR count). The van der Waals surface area contributed by atoms with Gasteiger partial charge in [0, 0.05) is 13.2 Å². The molecule has 0 radical (unpaired) electrons. The summed E-state index contributed by atoms with van der Waals surface area (Å²) >= 11 is 0. The Morgan fingerprint density at radius 3 is 2.25 bits per heavy atom. The van der Waals surface area contributed by atoms with Gasteiger partial charge in [-0.3, -0.25) is 0 Å². The number of ether oxygens (including phenoxy) is 1. The van der Waals surface area contributed by atoms with Crippen LogP contribution in [-0.4, -0.2) is 25.3 Å². The number of hydrogen-bond acceptors (Lipinski definition) is 2. The lowest BCUT2D eigenvalue weighted by Gasteiger charge is -2.43. The monoisotopic (exact) mass is 283 g/mol. The highest BCUT2D eigenvalue weighted by molar-refractivity contribution is 4.89. The van der Waals surface area contributed by atoms with Gasteiger partial charge in [0.2, 0.25) is 0 Å². The first-order valence-corrected chi connectivity index (χ1v) is 8.48. The van der Waals surface area contributed by atoms with Crippen molar-refractivity contribution in [2.24, 2.45) is 17.3 Å². The molecule has 120 valence electrons. The Kier molecular flexibility index (Phi) is 6.53. The standard InChI is InChI=1S/C18H37NO/c1-8-19-16-10-9-15(17(2,3)4)13-14(16)11-12-18(5,6)20-7/h14-16,19H,8-13H2,1-7H3. The molecule has 0 amide bonds. The first-order valence-electron chi connectivity index (χ1n) is 8.48. The minimum Gasteiger partial charge on any atom is -0.379 e. The Labute approximate surface area is 127 Å². The molecule has 1 aliphatic rings. The maximum absolute atomic E-state index is 5.60. The zero-order valence-electron chi connectivity index (χ0n) is 14.9. The van der Waals surface area contributed by atoms with Crippen molar-refractivity contribution in [3.8, 4) is 0 Å². The predicted molar refractivity (Wildman–Crippen MR) is 88.1 cm³/mol. The van der Waals surface area contributed by atoms with Gasteiger partial charge in [-0.25, -0.2) is 0 Å². The van der Waals surface area contributed by atoms with Crippen molar-refractivity contribution in [2.75, 3.05) is 13.7 Å². The highest BCUT2D eigenvalue weighted by Crippen LogP contribution is 2.42. The van der Waals surface area contributed by atoms with Crippen LogP contribution in [0.4, 0.5) is 0 Å². The van der Waals surface area contributed by atoms with Gasteiger partial charge in [-0.15, -0.1) is 0 Å². The fourth-order valence-corrected chi connectivity index (χ4v) is 3.54. The molecule has 2 heteroatoms. The zero-order valence-corrected chi connectivity index (χ0v) is 14.9. The Morgan fingerprint density at radius 1 is 1.10 bits per heavy atom. The Balaban J connectivity index is 2.64. The van der Waals surface area contributed by atoms with E-state index in [-0.39, 0.29) is 5.60 Å². The Bertz CT molecular complexity index is 280. The molecule has 0 spiro atoms. The van der Waals surface area contributed by atoms with Crippen molar-refractivity contribution in [3.63, 3.8) is 0 Å². The SMILES string of the molecule is CCNC1CCC(C(C)(C)C)CC1CCC(C)(C)OC. The topological polar surface area (TPSA) is 21.3 Å². The third-order valence-electron chi connectivity index (χ3n) is 5.34. The molecular weight excluding hydrogens is 246 g/mol. The van der Waals surface area contributed by atoms with Gasteiger partial charge in [-0.1, -0.05) is 27.7 Å². The van der Waals surface area contributed by atoms with Gasteiger partial charge in [0.05, 0.1) is 5.60 Å². The fourth-order valence-electron chi connectivity index (χ4n) is 3.54. The van der Waals surface area contributed by atoms with Crippen LogP contribution in [0.3, 0.4) is 0 Å². The molecule has 1 N–H and O–H groups in total. The van der Waals surface area contributed by atoms with E-state index in [0.29, 0.717) is 11.5 Å². The fraction of sp³-hybridized carbons (Fsp3) is 1.00. The van der Waals surface area contributed by atoms with E-state index in [9.17, 15) is 0 Å². The molecule has 3 unspecified atom stereocenters. The summed E-state index contributed by atoms with van der Waals surface area (Å²) in [5.74, 6) is 1.68. The number of hydrogen-bond donors (Lipinski definition) is 1. The van der Waals surface area contributed by atoms with Gasteiger partial charge < -0.3 is 10.1 Å². The average Bonchev–Trinajstić information content (AvgIpc) is 2.36. The number of rotatable bonds is 6. The molecule has 20 heavy (non-hydrogen) atoms. The summed E-state index contributed by atoms with van der Waals surface area (Å²) in [6.45, 7) is 14.9. The van der Waals surface area contributed by atoms with Crippen LogP contribution in [0.1, 0.15) is 73.6 Å². The van der Waals surface area contributed by atoms with Crippen LogP contribution >= 0.6 is 0 Å². The van der Waals surface area contributed by atoms with Crippen LogP contribution in [0.5, 0.6) is 0 Å². The molecule has 0 bridgehead atoms. The first kappa shape index (κ1) is 18.0. The van der Waals surface area contributed by atoms with Crippen LogP contribution in [0.25, 0.3) is 0 Å². The normalized spacial score (nSPS) is 28.6. The second kappa shape index (κ2) is 7.26. The molecule has 0 aromatic heterocycles. The van der Waals surface area contributed by atoms with Crippen molar-refractivity contribution in [1.29, 1.82) is 0 Å². The van der Waals surface area contributed by atoms with Crippen LogP contribution in [0, 0.1) is 17.3 Å². The smallest absolute Gasteiger partial charge is 0.0622 e. The zero-order chi connectivity index (χ0) is 15.4. The lowest BCUT2D eigenvalue weighted by atomic mass is 9.66. The van der Waals surface area contributed by atoms with Gasteiger partial charge in [-0.2, -0.15) is 0 Å². The predicted octanol–water partition coefficient (Wildman–Crippen LogP) is 4.63. The second-order valence-corrected chi connectivity index (χ2v) is 8.30. The van der Waals surface area contributed by atoms with E-state index in [1.54, 1.807) is 0 Å². The highest BCUT2D eigenvalue weighted by Gasteiger charge is 2.36. The van der Waals surface area contributed by atoms with E-state index >= 15 is 0 Å². The molecule has 0 aromatic rings. The minimum atomic E-state index is 0.0193. The highest BCUT2D eigenvalue weighted by atomic mass is 16.5. The van der Waals surface area contributed by atoms with E-state index in [2.05, 4.69) is 46.9 Å². The van der Waals surface area contributed by atoms with E-state index in [1.165, 1.54) is 25.7 Å². The van der Waals surface area contributed by atoms with Gasteiger partial charge in [0.1, 0.15) is 0 Å². The molecular formula is C18H37NO. The van der Waals surface area contributed by atoms with Crippen LogP contribution in [-0.2, 0) is 4.74 Å². The van der Waals surface area contributed by atoms with Crippen LogP contribution < -0.4 is 5.32 Å². The van der Waals surface area contributed by atoms with Gasteiger partial charge >= 0.3 is 0 Å². The van der Waals surface area contributed by atoms with E-state index in [4.69, 9.17) is 4.74 Å². The summed E-state index contributed by atoms with van der Waals surface area (Å²) in [6, 6.07) is 0.714. The second-order valence-electron chi connectivity index (χ2n) is 8.30. The lowest BCUT2D eigenvalue weighted by molar-refractivity contribution is 0.00385. The molecule has 1 saturated carbocycles. The summed E-state index contributed by atoms with van der Waals surface area (Å²) in [6.07, 6.45) is 6.54. The average molecular weight is 284 g/mol. The van der Waals surface area contributed by atoms with Crippen molar-refractivity contribution in [2.45, 2.75) is 85.3 Å². The quantitative estimate of drug-likeness (QED) is 0.767. The molecule has 2 nitrogen and oxygen atoms in total. The molecule has 0 saturated heterocycles. The summed E-state index contributed by atoms with van der Waals surface area (Å²) in [4.78, 5) is 0. The van der Waals surface area contributed by atoms with Crippen molar-refractivity contribution in [3.05, 3.63) is 0 Å². The molecule has 0 heterocycles. The summed E-state index contributed by atoms with van der Waals surface area (Å²) in [5, 5.41) is 3.72. The Morgan fingerprint density at radius 2 is 1.75 bits per heavy atom. The van der Waals surface area contributed by atoms with Gasteiger partial charge in [0.15, 0.2) is 0 Å². The summed E-state index contributed by atoms with van der Waals surface area (Å²) in [5.41, 5.74) is 0.470. The summed E-state index contributed by atoms with van der Waals surface area (Å²) < 4.78 is 5.60. The molecule has 1 aliphatic carbocycles. The first-order chi connectivity index (χ1) is 9.19. The van der Waals surface area contributed by atoms with Crippen molar-refractivity contribution in [1.82, 2.24) is 5.32 Å². The lowest BCUT2D eigenvalue weighted by Crippen LogP contribution is -2.43. The molecule has 3 atom stereocenters. The van der Waals surface area contributed by atoms with Gasteiger partial charge in [0.25, 0.3) is 0 Å². The van der Waals surface area contributed by atoms with E-state index in [1.807, 2.05) is 7.11 Å². The Hall–Kier alpha value is -0.0800. The maximum atomic E-state index is 5.60. The largest absolute Gasteiger partial charge is 0.379 e. The molecule has 0 aliphatic heterocycles. The van der Waals surface area contributed by atoms with E-state index in [0.717, 1.165) is 24.8 Å². The van der Waals surface area contributed by atoms with Gasteiger partial charge in [-0.05, 0) is 69.7 Å². The van der Waals surface area contributed by atoms with Crippen molar-refractivity contribution < 1.29 is 4.74 Å². The summed E-state index contributed by atoms with van der Waals surface area (Å²) in [7, 11) is 1.83. The third-order valence-corrected chi connectivity index (χ3v) is 5.34. The minimum absolute atomic E-state index is 0.0193. The van der Waals surface area contributed by atoms with Crippen LogP contribution in [0.15, 0.2) is 0 Å². The molecule has 0 aromatic carbocycles. The number of methoxy groups -OCH3 is 1. The van der Waals surface area contributed by atoms with E-state index < -0.39 is 0 Å². The number of nitrogens with one attached hydrogen (secondary N) is 1. The van der Waals surface area contributed by atoms with Crippen molar-refractivity contribution >= 4 is 0 Å².